The van der Waals surface area contributed by atoms with Crippen molar-refractivity contribution in [1.29, 1.82) is 0 Å². The fourth-order valence-corrected chi connectivity index (χ4v) is 3.54. The Labute approximate surface area is 135 Å². The van der Waals surface area contributed by atoms with Crippen molar-refractivity contribution < 1.29 is 24.2 Å². The third-order valence-corrected chi connectivity index (χ3v) is 4.90. The van der Waals surface area contributed by atoms with E-state index in [9.17, 15) is 14.7 Å². The van der Waals surface area contributed by atoms with Crippen LogP contribution in [0, 0.1) is 11.3 Å². The van der Waals surface area contributed by atoms with Crippen molar-refractivity contribution in [2.75, 3.05) is 26.3 Å². The van der Waals surface area contributed by atoms with Crippen LogP contribution in [-0.4, -0.2) is 48.4 Å². The van der Waals surface area contributed by atoms with E-state index in [0.29, 0.717) is 32.6 Å². The third-order valence-electron chi connectivity index (χ3n) is 4.90. The number of carbonyl (C=O) groups excluding carboxylic acids is 1. The number of ether oxygens (including phenoxy) is 2. The predicted molar refractivity (Wildman–Crippen MR) is 81.8 cm³/mol. The molecule has 3 rings (SSSR count). The van der Waals surface area contributed by atoms with Gasteiger partial charge >= 0.3 is 12.1 Å². The van der Waals surface area contributed by atoms with Crippen molar-refractivity contribution in [3.8, 4) is 0 Å². The summed E-state index contributed by atoms with van der Waals surface area (Å²) >= 11 is 0. The molecule has 0 bridgehead atoms. The van der Waals surface area contributed by atoms with Crippen molar-refractivity contribution >= 4 is 12.1 Å². The number of rotatable bonds is 3. The Morgan fingerprint density at radius 1 is 1.26 bits per heavy atom. The maximum Gasteiger partial charge on any atom is 0.410 e. The number of likely N-dealkylation sites (tertiary alicyclic amines) is 1. The topological polar surface area (TPSA) is 76.1 Å². The lowest BCUT2D eigenvalue weighted by molar-refractivity contribution is -0.146. The lowest BCUT2D eigenvalue weighted by Gasteiger charge is -2.35. The minimum atomic E-state index is -0.842. The monoisotopic (exact) mass is 319 g/mol. The maximum absolute atomic E-state index is 12.3. The van der Waals surface area contributed by atoms with Crippen molar-refractivity contribution in [3.63, 3.8) is 0 Å². The molecule has 0 aliphatic carbocycles. The molecule has 124 valence electrons. The Morgan fingerprint density at radius 3 is 2.61 bits per heavy atom. The highest BCUT2D eigenvalue weighted by molar-refractivity contribution is 5.75. The fraction of sp³-hybridized carbons (Fsp3) is 0.529. The summed E-state index contributed by atoms with van der Waals surface area (Å²) in [6.45, 7) is 1.95. The van der Waals surface area contributed by atoms with Crippen molar-refractivity contribution in [2.45, 2.75) is 19.4 Å². The van der Waals surface area contributed by atoms with E-state index >= 15 is 0 Å². The van der Waals surface area contributed by atoms with Gasteiger partial charge in [-0.1, -0.05) is 30.3 Å². The number of aliphatic carboxylic acids is 1. The Bertz CT molecular complexity index is 568. The quantitative estimate of drug-likeness (QED) is 0.923. The lowest BCUT2D eigenvalue weighted by Crippen LogP contribution is -2.40. The molecule has 1 aromatic carbocycles. The lowest BCUT2D eigenvalue weighted by atomic mass is 9.72. The molecule has 1 amide bonds. The van der Waals surface area contributed by atoms with Crippen LogP contribution in [0.1, 0.15) is 18.4 Å². The summed E-state index contributed by atoms with van der Waals surface area (Å²) in [7, 11) is 0. The molecule has 1 spiro atoms. The molecule has 2 heterocycles. The zero-order valence-corrected chi connectivity index (χ0v) is 12.9. The third kappa shape index (κ3) is 3.32. The van der Waals surface area contributed by atoms with Gasteiger partial charge < -0.3 is 19.5 Å². The Balaban J connectivity index is 1.64. The molecule has 2 aliphatic rings. The number of carboxylic acids is 1. The van der Waals surface area contributed by atoms with Gasteiger partial charge in [-0.2, -0.15) is 0 Å². The van der Waals surface area contributed by atoms with Gasteiger partial charge in [-0.15, -0.1) is 0 Å². The largest absolute Gasteiger partial charge is 0.481 e. The van der Waals surface area contributed by atoms with Gasteiger partial charge in [0.05, 0.1) is 5.92 Å². The molecule has 0 unspecified atom stereocenters. The van der Waals surface area contributed by atoms with E-state index in [1.807, 2.05) is 30.3 Å². The van der Waals surface area contributed by atoms with Crippen LogP contribution < -0.4 is 0 Å². The number of benzene rings is 1. The SMILES string of the molecule is O=C(O)[C@H]1CN(C(=O)OCc2ccccc2)CC12CCOCC2. The molecule has 2 aliphatic heterocycles. The Morgan fingerprint density at radius 2 is 1.96 bits per heavy atom. The van der Waals surface area contributed by atoms with Gasteiger partial charge in [-0.3, -0.25) is 4.79 Å². The van der Waals surface area contributed by atoms with Crippen LogP contribution in [0.25, 0.3) is 0 Å². The summed E-state index contributed by atoms with van der Waals surface area (Å²) in [5, 5.41) is 9.52. The molecule has 0 radical (unpaired) electrons. The highest BCUT2D eigenvalue weighted by atomic mass is 16.6. The molecular formula is C17H21NO5. The summed E-state index contributed by atoms with van der Waals surface area (Å²) < 4.78 is 10.7. The number of nitrogens with zero attached hydrogens (tertiary/aromatic N) is 1. The van der Waals surface area contributed by atoms with Crippen LogP contribution in [0.4, 0.5) is 4.79 Å². The van der Waals surface area contributed by atoms with E-state index in [4.69, 9.17) is 9.47 Å². The molecule has 1 N–H and O–H groups in total. The van der Waals surface area contributed by atoms with Gasteiger partial charge in [0.1, 0.15) is 6.61 Å². The van der Waals surface area contributed by atoms with E-state index < -0.39 is 18.0 Å². The van der Waals surface area contributed by atoms with Crippen LogP contribution in [0.2, 0.25) is 0 Å². The van der Waals surface area contributed by atoms with Crippen molar-refractivity contribution in [3.05, 3.63) is 35.9 Å². The molecule has 2 saturated heterocycles. The molecule has 0 aromatic heterocycles. The average Bonchev–Trinajstić information content (AvgIpc) is 2.93. The van der Waals surface area contributed by atoms with Gasteiger partial charge in [-0.25, -0.2) is 4.79 Å². The standard InChI is InChI=1S/C17H21NO5/c19-15(20)14-10-18(12-17(14)6-8-22-9-7-17)16(21)23-11-13-4-2-1-3-5-13/h1-5,14H,6-12H2,(H,19,20)/t14-/m1/s1. The zero-order chi connectivity index (χ0) is 16.3. The Kier molecular flexibility index (Phi) is 4.52. The molecule has 1 atom stereocenters. The fourth-order valence-electron chi connectivity index (χ4n) is 3.54. The van der Waals surface area contributed by atoms with Gasteiger partial charge in [0, 0.05) is 31.7 Å². The van der Waals surface area contributed by atoms with Gasteiger partial charge in [0.25, 0.3) is 0 Å². The molecule has 0 saturated carbocycles. The highest BCUT2D eigenvalue weighted by Crippen LogP contribution is 2.44. The maximum atomic E-state index is 12.3. The van der Waals surface area contributed by atoms with Crippen molar-refractivity contribution in [1.82, 2.24) is 4.90 Å². The van der Waals surface area contributed by atoms with E-state index in [0.717, 1.165) is 5.56 Å². The normalized spacial score (nSPS) is 23.0. The van der Waals surface area contributed by atoms with Gasteiger partial charge in [-0.05, 0) is 18.4 Å². The molecule has 23 heavy (non-hydrogen) atoms. The second-order valence-corrected chi connectivity index (χ2v) is 6.29. The van der Waals surface area contributed by atoms with Crippen LogP contribution in [-0.2, 0) is 20.9 Å². The minimum absolute atomic E-state index is 0.198. The summed E-state index contributed by atoms with van der Waals surface area (Å²) in [4.78, 5) is 25.4. The number of carbonyl (C=O) groups is 2. The summed E-state index contributed by atoms with van der Waals surface area (Å²) in [5.41, 5.74) is 0.533. The van der Waals surface area contributed by atoms with E-state index in [1.54, 1.807) is 0 Å². The number of hydrogen-bond donors (Lipinski definition) is 1. The first-order valence-corrected chi connectivity index (χ1v) is 7.87. The van der Waals surface area contributed by atoms with Gasteiger partial charge in [0.2, 0.25) is 0 Å². The van der Waals surface area contributed by atoms with Crippen LogP contribution >= 0.6 is 0 Å². The second-order valence-electron chi connectivity index (χ2n) is 6.29. The van der Waals surface area contributed by atoms with Crippen molar-refractivity contribution in [2.24, 2.45) is 11.3 Å². The molecular weight excluding hydrogens is 298 g/mol. The highest BCUT2D eigenvalue weighted by Gasteiger charge is 2.52. The van der Waals surface area contributed by atoms with Crippen LogP contribution in [0.5, 0.6) is 0 Å². The van der Waals surface area contributed by atoms with Crippen LogP contribution in [0.15, 0.2) is 30.3 Å². The zero-order valence-electron chi connectivity index (χ0n) is 12.9. The first-order chi connectivity index (χ1) is 11.1. The first-order valence-electron chi connectivity index (χ1n) is 7.87. The minimum Gasteiger partial charge on any atom is -0.481 e. The summed E-state index contributed by atoms with van der Waals surface area (Å²) in [5.74, 6) is -1.39. The summed E-state index contributed by atoms with van der Waals surface area (Å²) in [6, 6.07) is 9.44. The smallest absolute Gasteiger partial charge is 0.410 e. The van der Waals surface area contributed by atoms with E-state index in [2.05, 4.69) is 0 Å². The molecule has 6 heteroatoms. The molecule has 1 aromatic rings. The molecule has 6 nitrogen and oxygen atoms in total. The van der Waals surface area contributed by atoms with E-state index in [-0.39, 0.29) is 18.6 Å². The number of carboxylic acid groups (broad SMARTS) is 1. The van der Waals surface area contributed by atoms with Crippen LogP contribution in [0.3, 0.4) is 0 Å². The number of hydrogen-bond acceptors (Lipinski definition) is 4. The van der Waals surface area contributed by atoms with E-state index in [1.165, 1.54) is 4.90 Å². The number of amides is 1. The molecule has 2 fully saturated rings. The second kappa shape index (κ2) is 6.58. The Hall–Kier alpha value is -2.08. The predicted octanol–water partition coefficient (Wildman–Crippen LogP) is 2.14. The first kappa shape index (κ1) is 15.8. The summed E-state index contributed by atoms with van der Waals surface area (Å²) in [6.07, 6.45) is 0.905. The van der Waals surface area contributed by atoms with Gasteiger partial charge in [0.15, 0.2) is 0 Å². The average molecular weight is 319 g/mol.